The van der Waals surface area contributed by atoms with Crippen LogP contribution >= 0.6 is 0 Å². The maximum absolute atomic E-state index is 4.84. The SMILES string of the molecule is CCNC(=NCCc1c[nH]c2ccccc12)NC1CCN(Cc2ccccc2)CC1. The summed E-state index contributed by atoms with van der Waals surface area (Å²) in [5.41, 5.74) is 3.93. The summed E-state index contributed by atoms with van der Waals surface area (Å²) in [5.74, 6) is 0.943. The average Bonchev–Trinajstić information content (AvgIpc) is 3.19. The van der Waals surface area contributed by atoms with Crippen molar-refractivity contribution in [1.29, 1.82) is 0 Å². The summed E-state index contributed by atoms with van der Waals surface area (Å²) < 4.78 is 0. The Kier molecular flexibility index (Phi) is 7.03. The van der Waals surface area contributed by atoms with Crippen LogP contribution in [-0.2, 0) is 13.0 Å². The monoisotopic (exact) mass is 403 g/mol. The van der Waals surface area contributed by atoms with Gasteiger partial charge in [0.1, 0.15) is 0 Å². The number of benzene rings is 2. The number of hydrogen-bond donors (Lipinski definition) is 3. The highest BCUT2D eigenvalue weighted by Gasteiger charge is 2.20. The molecule has 0 atom stereocenters. The third-order valence-electron chi connectivity index (χ3n) is 5.85. The van der Waals surface area contributed by atoms with Crippen molar-refractivity contribution >= 4 is 16.9 Å². The number of aliphatic imine (C=N–C) groups is 1. The van der Waals surface area contributed by atoms with E-state index in [4.69, 9.17) is 4.99 Å². The number of likely N-dealkylation sites (tertiary alicyclic amines) is 1. The molecule has 1 saturated heterocycles. The molecule has 1 aliphatic heterocycles. The normalized spacial score (nSPS) is 16.1. The molecule has 1 aliphatic rings. The summed E-state index contributed by atoms with van der Waals surface area (Å²) in [7, 11) is 0. The van der Waals surface area contributed by atoms with Crippen molar-refractivity contribution in [1.82, 2.24) is 20.5 Å². The number of guanidine groups is 1. The Balaban J connectivity index is 1.27. The van der Waals surface area contributed by atoms with E-state index in [9.17, 15) is 0 Å². The summed E-state index contributed by atoms with van der Waals surface area (Å²) >= 11 is 0. The van der Waals surface area contributed by atoms with Crippen LogP contribution in [0, 0.1) is 0 Å². The minimum Gasteiger partial charge on any atom is -0.361 e. The fourth-order valence-electron chi connectivity index (χ4n) is 4.22. The molecule has 2 aromatic carbocycles. The highest BCUT2D eigenvalue weighted by atomic mass is 15.2. The molecular formula is C25H33N5. The van der Waals surface area contributed by atoms with Crippen LogP contribution in [0.1, 0.15) is 30.9 Å². The minimum absolute atomic E-state index is 0.489. The maximum atomic E-state index is 4.84. The largest absolute Gasteiger partial charge is 0.361 e. The zero-order valence-corrected chi connectivity index (χ0v) is 17.9. The first-order valence-corrected chi connectivity index (χ1v) is 11.2. The molecule has 0 amide bonds. The molecule has 3 aromatic rings. The standard InChI is InChI=1S/C25H33N5/c1-2-26-25(27-15-12-21-18-28-24-11-7-6-10-23(21)24)29-22-13-16-30(17-14-22)19-20-8-4-3-5-9-20/h3-11,18,22,28H,2,12-17,19H2,1H3,(H2,26,27,29). The maximum Gasteiger partial charge on any atom is 0.191 e. The van der Waals surface area contributed by atoms with Crippen molar-refractivity contribution in [3.63, 3.8) is 0 Å². The Morgan fingerprint density at radius 1 is 1.07 bits per heavy atom. The van der Waals surface area contributed by atoms with Gasteiger partial charge >= 0.3 is 0 Å². The van der Waals surface area contributed by atoms with E-state index >= 15 is 0 Å². The molecule has 3 N–H and O–H groups in total. The number of para-hydroxylation sites is 1. The third-order valence-corrected chi connectivity index (χ3v) is 5.85. The minimum atomic E-state index is 0.489. The van der Waals surface area contributed by atoms with Crippen LogP contribution < -0.4 is 10.6 Å². The van der Waals surface area contributed by atoms with Crippen molar-refractivity contribution < 1.29 is 0 Å². The van der Waals surface area contributed by atoms with E-state index in [-0.39, 0.29) is 0 Å². The zero-order valence-electron chi connectivity index (χ0n) is 17.9. The molecule has 0 aliphatic carbocycles. The van der Waals surface area contributed by atoms with Gasteiger partial charge in [-0.25, -0.2) is 0 Å². The molecule has 0 bridgehead atoms. The first-order valence-electron chi connectivity index (χ1n) is 11.2. The molecule has 1 fully saturated rings. The lowest BCUT2D eigenvalue weighted by Gasteiger charge is -2.33. The molecular weight excluding hydrogens is 370 g/mol. The Bertz CT molecular complexity index is 938. The Morgan fingerprint density at radius 3 is 2.63 bits per heavy atom. The Labute approximate surface area is 179 Å². The van der Waals surface area contributed by atoms with E-state index in [1.165, 1.54) is 22.0 Å². The van der Waals surface area contributed by atoms with Gasteiger partial charge in [-0.1, -0.05) is 48.5 Å². The molecule has 2 heterocycles. The van der Waals surface area contributed by atoms with Gasteiger partial charge < -0.3 is 15.6 Å². The number of aromatic amines is 1. The van der Waals surface area contributed by atoms with Crippen LogP contribution in [0.15, 0.2) is 65.8 Å². The van der Waals surface area contributed by atoms with Gasteiger partial charge in [0.05, 0.1) is 0 Å². The molecule has 0 spiro atoms. The molecule has 0 unspecified atom stereocenters. The smallest absolute Gasteiger partial charge is 0.191 e. The van der Waals surface area contributed by atoms with E-state index in [2.05, 4.69) is 88.2 Å². The predicted octanol–water partition coefficient (Wildman–Crippen LogP) is 3.93. The van der Waals surface area contributed by atoms with Gasteiger partial charge in [0.25, 0.3) is 0 Å². The summed E-state index contributed by atoms with van der Waals surface area (Å²) in [6, 6.07) is 19.7. The second-order valence-electron chi connectivity index (χ2n) is 8.05. The number of nitrogens with one attached hydrogen (secondary N) is 3. The van der Waals surface area contributed by atoms with Crippen molar-refractivity contribution in [3.05, 3.63) is 71.9 Å². The second-order valence-corrected chi connectivity index (χ2v) is 8.05. The lowest BCUT2D eigenvalue weighted by atomic mass is 10.0. The van der Waals surface area contributed by atoms with Crippen molar-refractivity contribution in [2.24, 2.45) is 4.99 Å². The van der Waals surface area contributed by atoms with Crippen LogP contribution in [0.3, 0.4) is 0 Å². The van der Waals surface area contributed by atoms with Crippen LogP contribution in [0.5, 0.6) is 0 Å². The summed E-state index contributed by atoms with van der Waals surface area (Å²) in [6.45, 7) is 7.09. The predicted molar refractivity (Wildman–Crippen MR) is 126 cm³/mol. The fraction of sp³-hybridized carbons (Fsp3) is 0.400. The number of piperidine rings is 1. The zero-order chi connectivity index (χ0) is 20.6. The van der Waals surface area contributed by atoms with Crippen LogP contribution in [0.4, 0.5) is 0 Å². The quantitative estimate of drug-likeness (QED) is 0.414. The van der Waals surface area contributed by atoms with Crippen LogP contribution in [0.2, 0.25) is 0 Å². The van der Waals surface area contributed by atoms with Crippen molar-refractivity contribution in [3.8, 4) is 0 Å². The molecule has 158 valence electrons. The second kappa shape index (κ2) is 10.3. The van der Waals surface area contributed by atoms with Crippen LogP contribution in [-0.4, -0.2) is 48.1 Å². The van der Waals surface area contributed by atoms with Gasteiger partial charge in [-0.15, -0.1) is 0 Å². The van der Waals surface area contributed by atoms with Crippen molar-refractivity contribution in [2.45, 2.75) is 38.8 Å². The van der Waals surface area contributed by atoms with E-state index < -0.39 is 0 Å². The number of nitrogens with zero attached hydrogens (tertiary/aromatic N) is 2. The molecule has 4 rings (SSSR count). The highest BCUT2D eigenvalue weighted by Crippen LogP contribution is 2.18. The molecule has 5 nitrogen and oxygen atoms in total. The topological polar surface area (TPSA) is 55.5 Å². The van der Waals surface area contributed by atoms with E-state index in [0.717, 1.165) is 57.9 Å². The number of aromatic nitrogens is 1. The summed E-state index contributed by atoms with van der Waals surface area (Å²) in [6.07, 6.45) is 5.36. The Hall–Kier alpha value is -2.79. The number of hydrogen-bond acceptors (Lipinski definition) is 2. The third kappa shape index (κ3) is 5.42. The van der Waals surface area contributed by atoms with Crippen LogP contribution in [0.25, 0.3) is 10.9 Å². The Morgan fingerprint density at radius 2 is 1.83 bits per heavy atom. The number of H-pyrrole nitrogens is 1. The lowest BCUT2D eigenvalue weighted by molar-refractivity contribution is 0.198. The van der Waals surface area contributed by atoms with Gasteiger partial charge in [0.2, 0.25) is 0 Å². The molecule has 30 heavy (non-hydrogen) atoms. The van der Waals surface area contributed by atoms with Gasteiger partial charge in [0, 0.05) is 55.9 Å². The molecule has 0 saturated carbocycles. The first-order chi connectivity index (χ1) is 14.8. The van der Waals surface area contributed by atoms with Gasteiger partial charge in [-0.3, -0.25) is 9.89 Å². The molecule has 1 aromatic heterocycles. The molecule has 5 heteroatoms. The summed E-state index contributed by atoms with van der Waals surface area (Å²) in [4.78, 5) is 10.7. The van der Waals surface area contributed by atoms with Gasteiger partial charge in [0.15, 0.2) is 5.96 Å². The molecule has 0 radical (unpaired) electrons. The van der Waals surface area contributed by atoms with Crippen molar-refractivity contribution in [2.75, 3.05) is 26.2 Å². The van der Waals surface area contributed by atoms with Gasteiger partial charge in [-0.2, -0.15) is 0 Å². The van der Waals surface area contributed by atoms with E-state index in [1.807, 2.05) is 0 Å². The van der Waals surface area contributed by atoms with E-state index in [1.54, 1.807) is 0 Å². The summed E-state index contributed by atoms with van der Waals surface area (Å²) in [5, 5.41) is 8.38. The van der Waals surface area contributed by atoms with Gasteiger partial charge in [-0.05, 0) is 43.4 Å². The highest BCUT2D eigenvalue weighted by molar-refractivity contribution is 5.83. The average molecular weight is 404 g/mol. The fourth-order valence-corrected chi connectivity index (χ4v) is 4.22. The number of fused-ring (bicyclic) bond motifs is 1. The lowest BCUT2D eigenvalue weighted by Crippen LogP contribution is -2.48. The first kappa shape index (κ1) is 20.5. The van der Waals surface area contributed by atoms with E-state index in [0.29, 0.717) is 6.04 Å². The number of rotatable bonds is 7.